The molecule has 5 heteroatoms. The predicted molar refractivity (Wildman–Crippen MR) is 87.9 cm³/mol. The van der Waals surface area contributed by atoms with E-state index in [0.717, 1.165) is 19.3 Å². The third kappa shape index (κ3) is 3.23. The van der Waals surface area contributed by atoms with Crippen molar-refractivity contribution in [3.63, 3.8) is 0 Å². The number of rotatable bonds is 3. The molecule has 0 radical (unpaired) electrons. The van der Waals surface area contributed by atoms with Gasteiger partial charge in [-0.2, -0.15) is 0 Å². The van der Waals surface area contributed by atoms with Crippen LogP contribution in [-0.2, 0) is 0 Å². The Hall–Kier alpha value is -2.30. The number of hydrogen-bond acceptors (Lipinski definition) is 4. The predicted octanol–water partition coefficient (Wildman–Crippen LogP) is 3.11. The van der Waals surface area contributed by atoms with Gasteiger partial charge in [0.05, 0.1) is 7.11 Å². The van der Waals surface area contributed by atoms with E-state index in [9.17, 15) is 9.59 Å². The first kappa shape index (κ1) is 15.6. The summed E-state index contributed by atoms with van der Waals surface area (Å²) < 4.78 is 10.4. The number of ether oxygens (including phenoxy) is 1. The average molecular weight is 315 g/mol. The van der Waals surface area contributed by atoms with Gasteiger partial charge in [-0.3, -0.25) is 4.79 Å². The van der Waals surface area contributed by atoms with Gasteiger partial charge < -0.3 is 14.5 Å². The van der Waals surface area contributed by atoms with E-state index in [1.165, 1.54) is 6.42 Å². The molecule has 0 aliphatic heterocycles. The summed E-state index contributed by atoms with van der Waals surface area (Å²) in [5.41, 5.74) is -0.120. The standard InChI is InChI=1S/C18H21NO4/c1-11-5-3-4-6-15(11)19-17(20)14-10-12-9-13(22-2)7-8-16(12)23-18(14)21/h7-11,15H,3-6H2,1-2H3,(H,19,20)/t11-,15-/m1/s1. The monoisotopic (exact) mass is 315 g/mol. The molecule has 1 heterocycles. The van der Waals surface area contributed by atoms with Gasteiger partial charge in [0, 0.05) is 11.4 Å². The second-order valence-electron chi connectivity index (χ2n) is 6.19. The smallest absolute Gasteiger partial charge is 0.349 e. The summed E-state index contributed by atoms with van der Waals surface area (Å²) in [6, 6.07) is 6.83. The molecule has 1 aliphatic carbocycles. The van der Waals surface area contributed by atoms with Crippen LogP contribution in [0.2, 0.25) is 0 Å². The van der Waals surface area contributed by atoms with Crippen molar-refractivity contribution in [2.75, 3.05) is 7.11 Å². The number of fused-ring (bicyclic) bond motifs is 1. The van der Waals surface area contributed by atoms with Crippen LogP contribution in [0.3, 0.4) is 0 Å². The highest BCUT2D eigenvalue weighted by molar-refractivity contribution is 5.97. The lowest BCUT2D eigenvalue weighted by molar-refractivity contribution is 0.0906. The Morgan fingerprint density at radius 3 is 2.78 bits per heavy atom. The molecule has 2 aromatic rings. The SMILES string of the molecule is COc1ccc2oc(=O)c(C(=O)N[C@@H]3CCCC[C@H]3C)cc2c1. The Kier molecular flexibility index (Phi) is 4.37. The largest absolute Gasteiger partial charge is 0.497 e. The number of nitrogens with one attached hydrogen (secondary N) is 1. The van der Waals surface area contributed by atoms with E-state index < -0.39 is 5.63 Å². The molecule has 0 bridgehead atoms. The molecule has 1 aliphatic rings. The van der Waals surface area contributed by atoms with Gasteiger partial charge in [-0.1, -0.05) is 19.8 Å². The first-order valence-corrected chi connectivity index (χ1v) is 8.01. The maximum Gasteiger partial charge on any atom is 0.349 e. The van der Waals surface area contributed by atoms with Gasteiger partial charge >= 0.3 is 5.63 Å². The van der Waals surface area contributed by atoms with Crippen molar-refractivity contribution in [1.82, 2.24) is 5.32 Å². The van der Waals surface area contributed by atoms with E-state index >= 15 is 0 Å². The van der Waals surface area contributed by atoms with Crippen LogP contribution < -0.4 is 15.7 Å². The lowest BCUT2D eigenvalue weighted by Gasteiger charge is -2.29. The maximum absolute atomic E-state index is 12.5. The zero-order chi connectivity index (χ0) is 16.4. The molecule has 1 fully saturated rings. The summed E-state index contributed by atoms with van der Waals surface area (Å²) in [5.74, 6) is 0.723. The van der Waals surface area contributed by atoms with Crippen molar-refractivity contribution in [2.45, 2.75) is 38.6 Å². The molecule has 0 saturated heterocycles. The Bertz CT molecular complexity index is 780. The molecular formula is C18H21NO4. The Morgan fingerprint density at radius 2 is 2.04 bits per heavy atom. The molecule has 3 rings (SSSR count). The first-order valence-electron chi connectivity index (χ1n) is 8.01. The molecule has 1 N–H and O–H groups in total. The second-order valence-corrected chi connectivity index (χ2v) is 6.19. The van der Waals surface area contributed by atoms with Gasteiger partial charge in [0.15, 0.2) is 0 Å². The number of carbonyl (C=O) groups excluding carboxylic acids is 1. The van der Waals surface area contributed by atoms with E-state index in [1.54, 1.807) is 31.4 Å². The fourth-order valence-electron chi connectivity index (χ4n) is 3.16. The number of carbonyl (C=O) groups is 1. The number of hydrogen-bond donors (Lipinski definition) is 1. The molecule has 1 amide bonds. The highest BCUT2D eigenvalue weighted by Crippen LogP contribution is 2.24. The minimum Gasteiger partial charge on any atom is -0.497 e. The zero-order valence-electron chi connectivity index (χ0n) is 13.4. The topological polar surface area (TPSA) is 68.5 Å². The van der Waals surface area contributed by atoms with Crippen LogP contribution in [0, 0.1) is 5.92 Å². The summed E-state index contributed by atoms with van der Waals surface area (Å²) in [4.78, 5) is 24.6. The molecule has 0 unspecified atom stereocenters. The molecule has 1 aromatic heterocycles. The molecule has 0 spiro atoms. The second kappa shape index (κ2) is 6.44. The van der Waals surface area contributed by atoms with Crippen LogP contribution in [0.1, 0.15) is 43.0 Å². The minimum absolute atomic E-state index is 0.0449. The van der Waals surface area contributed by atoms with Crippen LogP contribution in [-0.4, -0.2) is 19.1 Å². The summed E-state index contributed by atoms with van der Waals surface area (Å²) in [7, 11) is 1.57. The van der Waals surface area contributed by atoms with Gasteiger partial charge in [0.1, 0.15) is 16.9 Å². The van der Waals surface area contributed by atoms with Crippen molar-refractivity contribution in [3.8, 4) is 5.75 Å². The number of methoxy groups -OCH3 is 1. The third-order valence-electron chi connectivity index (χ3n) is 4.61. The van der Waals surface area contributed by atoms with Gasteiger partial charge in [-0.15, -0.1) is 0 Å². The van der Waals surface area contributed by atoms with Crippen LogP contribution in [0.25, 0.3) is 11.0 Å². The quantitative estimate of drug-likeness (QED) is 0.884. The lowest BCUT2D eigenvalue weighted by Crippen LogP contribution is -2.42. The van der Waals surface area contributed by atoms with E-state index in [0.29, 0.717) is 22.6 Å². The van der Waals surface area contributed by atoms with Crippen LogP contribution in [0.5, 0.6) is 5.75 Å². The molecule has 5 nitrogen and oxygen atoms in total. The highest BCUT2D eigenvalue weighted by Gasteiger charge is 2.24. The van der Waals surface area contributed by atoms with E-state index in [4.69, 9.17) is 9.15 Å². The Balaban J connectivity index is 1.90. The summed E-state index contributed by atoms with van der Waals surface area (Å²) >= 11 is 0. The van der Waals surface area contributed by atoms with E-state index in [1.807, 2.05) is 0 Å². The van der Waals surface area contributed by atoms with Crippen LogP contribution >= 0.6 is 0 Å². The highest BCUT2D eigenvalue weighted by atomic mass is 16.5. The zero-order valence-corrected chi connectivity index (χ0v) is 13.4. The fourth-order valence-corrected chi connectivity index (χ4v) is 3.16. The van der Waals surface area contributed by atoms with E-state index in [2.05, 4.69) is 12.2 Å². The Morgan fingerprint density at radius 1 is 1.26 bits per heavy atom. The molecule has 1 saturated carbocycles. The van der Waals surface area contributed by atoms with Gasteiger partial charge in [-0.25, -0.2) is 4.79 Å². The number of amides is 1. The normalized spacial score (nSPS) is 21.1. The van der Waals surface area contributed by atoms with E-state index in [-0.39, 0.29) is 17.5 Å². The molecule has 122 valence electrons. The average Bonchev–Trinajstić information content (AvgIpc) is 2.55. The van der Waals surface area contributed by atoms with Crippen LogP contribution in [0.4, 0.5) is 0 Å². The third-order valence-corrected chi connectivity index (χ3v) is 4.61. The van der Waals surface area contributed by atoms with Crippen LogP contribution in [0.15, 0.2) is 33.5 Å². The number of benzene rings is 1. The van der Waals surface area contributed by atoms with Gasteiger partial charge in [-0.05, 0) is 43.0 Å². The van der Waals surface area contributed by atoms with Gasteiger partial charge in [0.25, 0.3) is 5.91 Å². The van der Waals surface area contributed by atoms with Crippen molar-refractivity contribution < 1.29 is 13.9 Å². The Labute approximate surface area is 134 Å². The summed E-state index contributed by atoms with van der Waals surface area (Å²) in [5, 5.41) is 3.66. The lowest BCUT2D eigenvalue weighted by atomic mass is 9.86. The molecule has 1 aromatic carbocycles. The maximum atomic E-state index is 12.5. The van der Waals surface area contributed by atoms with Crippen molar-refractivity contribution in [3.05, 3.63) is 40.2 Å². The first-order chi connectivity index (χ1) is 11.1. The molecular weight excluding hydrogens is 294 g/mol. The fraction of sp³-hybridized carbons (Fsp3) is 0.444. The molecule has 23 heavy (non-hydrogen) atoms. The summed E-state index contributed by atoms with van der Waals surface area (Å²) in [6.07, 6.45) is 4.37. The van der Waals surface area contributed by atoms with Crippen molar-refractivity contribution >= 4 is 16.9 Å². The molecule has 2 atom stereocenters. The van der Waals surface area contributed by atoms with Crippen molar-refractivity contribution in [2.24, 2.45) is 5.92 Å². The van der Waals surface area contributed by atoms with Gasteiger partial charge in [0.2, 0.25) is 0 Å². The summed E-state index contributed by atoms with van der Waals surface area (Å²) in [6.45, 7) is 2.14. The minimum atomic E-state index is -0.608. The van der Waals surface area contributed by atoms with Crippen molar-refractivity contribution in [1.29, 1.82) is 0 Å².